The smallest absolute Gasteiger partial charge is 0.0955 e. The molecule has 0 aliphatic heterocycles. The maximum Gasteiger partial charge on any atom is 0.0955 e. The zero-order valence-electron chi connectivity index (χ0n) is 12.6. The van der Waals surface area contributed by atoms with Crippen LogP contribution in [0.3, 0.4) is 0 Å². The molecule has 2 aromatic rings. The van der Waals surface area contributed by atoms with Gasteiger partial charge in [-0.3, -0.25) is 0 Å². The Labute approximate surface area is 110 Å². The molecule has 0 unspecified atom stereocenters. The predicted molar refractivity (Wildman–Crippen MR) is 78.1 cm³/mol. The average molecular weight is 244 g/mol. The Bertz CT molecular complexity index is 577. The quantitative estimate of drug-likeness (QED) is 0.680. The largest absolute Gasteiger partial charge is 0.333 e. The summed E-state index contributed by atoms with van der Waals surface area (Å²) in [5.74, 6) is 0. The molecule has 98 valence electrons. The second-order valence-electron chi connectivity index (χ2n) is 7.21. The fourth-order valence-corrected chi connectivity index (χ4v) is 2.48. The molecule has 2 heteroatoms. The maximum atomic E-state index is 4.62. The van der Waals surface area contributed by atoms with Crippen molar-refractivity contribution in [3.8, 4) is 0 Å². The van der Waals surface area contributed by atoms with Gasteiger partial charge in [0.05, 0.1) is 17.4 Å². The summed E-state index contributed by atoms with van der Waals surface area (Å²) < 4.78 is 2.14. The zero-order chi connectivity index (χ0) is 13.7. The van der Waals surface area contributed by atoms with E-state index in [0.29, 0.717) is 0 Å². The maximum absolute atomic E-state index is 4.62. The van der Waals surface area contributed by atoms with Gasteiger partial charge in [-0.25, -0.2) is 4.98 Å². The summed E-state index contributed by atoms with van der Waals surface area (Å²) in [4.78, 5) is 4.62. The van der Waals surface area contributed by atoms with Crippen LogP contribution in [-0.2, 0) is 17.9 Å². The standard InChI is InChI=1S/C16H24N2/c1-15(2,3)11-8-9-12(16(4,5)6)14-13(11)17-10-18(14)7/h8-10H,1-7H3. The Kier molecular flexibility index (Phi) is 2.80. The lowest BCUT2D eigenvalue weighted by molar-refractivity contribution is 0.583. The van der Waals surface area contributed by atoms with Gasteiger partial charge >= 0.3 is 0 Å². The second kappa shape index (κ2) is 3.84. The molecule has 2 nitrogen and oxygen atoms in total. The van der Waals surface area contributed by atoms with Gasteiger partial charge in [0.15, 0.2) is 0 Å². The van der Waals surface area contributed by atoms with Crippen molar-refractivity contribution in [3.63, 3.8) is 0 Å². The molecule has 0 saturated heterocycles. The Morgan fingerprint density at radius 2 is 1.39 bits per heavy atom. The van der Waals surface area contributed by atoms with Gasteiger partial charge in [-0.2, -0.15) is 0 Å². The third-order valence-electron chi connectivity index (χ3n) is 3.48. The van der Waals surface area contributed by atoms with Gasteiger partial charge in [0.2, 0.25) is 0 Å². The van der Waals surface area contributed by atoms with Crippen LogP contribution in [0.4, 0.5) is 0 Å². The van der Waals surface area contributed by atoms with Crippen LogP contribution in [0.1, 0.15) is 52.7 Å². The molecule has 0 radical (unpaired) electrons. The first-order valence-electron chi connectivity index (χ1n) is 6.57. The van der Waals surface area contributed by atoms with E-state index in [0.717, 1.165) is 5.52 Å². The lowest BCUT2D eigenvalue weighted by Crippen LogP contribution is -2.16. The van der Waals surface area contributed by atoms with Crippen LogP contribution in [0.5, 0.6) is 0 Å². The van der Waals surface area contributed by atoms with Crippen LogP contribution < -0.4 is 0 Å². The average Bonchev–Trinajstić information content (AvgIpc) is 2.57. The second-order valence-corrected chi connectivity index (χ2v) is 7.21. The zero-order valence-corrected chi connectivity index (χ0v) is 12.6. The Morgan fingerprint density at radius 1 is 0.889 bits per heavy atom. The summed E-state index contributed by atoms with van der Waals surface area (Å²) in [6.07, 6.45) is 1.93. The van der Waals surface area contributed by atoms with Gasteiger partial charge in [-0.05, 0) is 22.0 Å². The predicted octanol–water partition coefficient (Wildman–Crippen LogP) is 4.17. The Balaban J connectivity index is 2.85. The lowest BCUT2D eigenvalue weighted by atomic mass is 9.81. The van der Waals surface area contributed by atoms with Gasteiger partial charge in [0.1, 0.15) is 0 Å². The van der Waals surface area contributed by atoms with Crippen molar-refractivity contribution in [2.24, 2.45) is 7.05 Å². The molecule has 0 bridgehead atoms. The fraction of sp³-hybridized carbons (Fsp3) is 0.562. The molecule has 0 amide bonds. The van der Waals surface area contributed by atoms with Crippen LogP contribution in [-0.4, -0.2) is 9.55 Å². The third-order valence-corrected chi connectivity index (χ3v) is 3.48. The van der Waals surface area contributed by atoms with Crippen molar-refractivity contribution < 1.29 is 0 Å². The summed E-state index contributed by atoms with van der Waals surface area (Å²) in [5, 5.41) is 0. The number of aryl methyl sites for hydroxylation is 1. The fourth-order valence-electron chi connectivity index (χ4n) is 2.48. The van der Waals surface area contributed by atoms with E-state index in [1.807, 2.05) is 6.33 Å². The van der Waals surface area contributed by atoms with Gasteiger partial charge in [-0.1, -0.05) is 53.7 Å². The molecule has 2 rings (SSSR count). The van der Waals surface area contributed by atoms with Crippen molar-refractivity contribution >= 4 is 11.0 Å². The normalized spacial score (nSPS) is 13.3. The van der Waals surface area contributed by atoms with Crippen LogP contribution in [0, 0.1) is 0 Å². The van der Waals surface area contributed by atoms with Crippen LogP contribution in [0.15, 0.2) is 18.5 Å². The highest BCUT2D eigenvalue weighted by Gasteiger charge is 2.24. The Morgan fingerprint density at radius 3 is 1.89 bits per heavy atom. The van der Waals surface area contributed by atoms with E-state index in [2.05, 4.69) is 70.3 Å². The molecular weight excluding hydrogens is 220 g/mol. The summed E-state index contributed by atoms with van der Waals surface area (Å²) >= 11 is 0. The first-order valence-corrected chi connectivity index (χ1v) is 6.57. The highest BCUT2D eigenvalue weighted by atomic mass is 15.0. The van der Waals surface area contributed by atoms with E-state index in [1.54, 1.807) is 0 Å². The van der Waals surface area contributed by atoms with E-state index in [4.69, 9.17) is 0 Å². The van der Waals surface area contributed by atoms with Crippen LogP contribution in [0.2, 0.25) is 0 Å². The molecule has 0 spiro atoms. The van der Waals surface area contributed by atoms with Crippen molar-refractivity contribution in [1.82, 2.24) is 9.55 Å². The van der Waals surface area contributed by atoms with E-state index in [9.17, 15) is 0 Å². The molecule has 0 fully saturated rings. The summed E-state index contributed by atoms with van der Waals surface area (Å²) in [6.45, 7) is 13.5. The van der Waals surface area contributed by atoms with Crippen LogP contribution in [0.25, 0.3) is 11.0 Å². The first kappa shape index (κ1) is 13.1. The van der Waals surface area contributed by atoms with E-state index >= 15 is 0 Å². The van der Waals surface area contributed by atoms with E-state index in [1.165, 1.54) is 16.6 Å². The van der Waals surface area contributed by atoms with Gasteiger partial charge in [0, 0.05) is 7.05 Å². The minimum atomic E-state index is 0.128. The molecule has 0 N–H and O–H groups in total. The summed E-state index contributed by atoms with van der Waals surface area (Å²) in [6, 6.07) is 4.51. The van der Waals surface area contributed by atoms with Crippen molar-refractivity contribution in [3.05, 3.63) is 29.6 Å². The SMILES string of the molecule is Cn1cnc2c(C(C)(C)C)ccc(C(C)(C)C)c21. The minimum Gasteiger partial charge on any atom is -0.333 e. The Hall–Kier alpha value is -1.31. The number of benzene rings is 1. The molecule has 0 aliphatic carbocycles. The summed E-state index contributed by atoms with van der Waals surface area (Å²) in [7, 11) is 2.08. The highest BCUT2D eigenvalue weighted by molar-refractivity contribution is 5.84. The number of fused-ring (bicyclic) bond motifs is 1. The molecule has 0 saturated carbocycles. The first-order chi connectivity index (χ1) is 8.12. The molecule has 0 atom stereocenters. The molecule has 0 aliphatic rings. The number of rotatable bonds is 0. The monoisotopic (exact) mass is 244 g/mol. The van der Waals surface area contributed by atoms with E-state index in [-0.39, 0.29) is 10.8 Å². The molecule has 1 aromatic carbocycles. The van der Waals surface area contributed by atoms with Gasteiger partial charge in [-0.15, -0.1) is 0 Å². The number of aromatic nitrogens is 2. The molecule has 1 aromatic heterocycles. The molecule has 18 heavy (non-hydrogen) atoms. The third kappa shape index (κ3) is 2.05. The minimum absolute atomic E-state index is 0.128. The highest BCUT2D eigenvalue weighted by Crippen LogP contribution is 2.35. The number of hydrogen-bond donors (Lipinski definition) is 0. The van der Waals surface area contributed by atoms with Gasteiger partial charge in [0.25, 0.3) is 0 Å². The molecular formula is C16H24N2. The lowest BCUT2D eigenvalue weighted by Gasteiger charge is -2.25. The van der Waals surface area contributed by atoms with Crippen molar-refractivity contribution in [2.45, 2.75) is 52.4 Å². The van der Waals surface area contributed by atoms with Crippen molar-refractivity contribution in [1.29, 1.82) is 0 Å². The van der Waals surface area contributed by atoms with Crippen LogP contribution >= 0.6 is 0 Å². The number of hydrogen-bond acceptors (Lipinski definition) is 1. The number of nitrogens with zero attached hydrogens (tertiary/aromatic N) is 2. The number of imidazole rings is 1. The van der Waals surface area contributed by atoms with Crippen molar-refractivity contribution in [2.75, 3.05) is 0 Å². The topological polar surface area (TPSA) is 17.8 Å². The summed E-state index contributed by atoms with van der Waals surface area (Å²) in [5.41, 5.74) is 5.38. The van der Waals surface area contributed by atoms with E-state index < -0.39 is 0 Å². The molecule has 1 heterocycles. The van der Waals surface area contributed by atoms with Gasteiger partial charge < -0.3 is 4.57 Å².